The summed E-state index contributed by atoms with van der Waals surface area (Å²) in [7, 11) is 1.94. The maximum Gasteiger partial charge on any atom is 0.180 e. The Kier molecular flexibility index (Phi) is 3.60. The van der Waals surface area contributed by atoms with E-state index in [0.717, 1.165) is 5.69 Å². The number of hydrogen-bond acceptors (Lipinski definition) is 2. The van der Waals surface area contributed by atoms with E-state index >= 15 is 0 Å². The first kappa shape index (κ1) is 13.8. The quantitative estimate of drug-likeness (QED) is 0.503. The van der Waals surface area contributed by atoms with Gasteiger partial charge in [0.1, 0.15) is 10.9 Å². The molecule has 1 N–H and O–H groups in total. The minimum absolute atomic E-state index is 0.0168. The minimum Gasteiger partial charge on any atom is -0.388 e. The van der Waals surface area contributed by atoms with Crippen LogP contribution in [-0.4, -0.2) is 7.05 Å². The van der Waals surface area contributed by atoms with Gasteiger partial charge in [-0.25, -0.2) is 0 Å². The molecule has 0 unspecified atom stereocenters. The molecule has 3 heteroatoms. The monoisotopic (exact) mass is 322 g/mol. The van der Waals surface area contributed by atoms with Gasteiger partial charge in [0.15, 0.2) is 14.7 Å². The number of nitrogens with one attached hydrogen (secondary N) is 1. The Bertz CT molecular complexity index is 766. The lowest BCUT2D eigenvalue weighted by Crippen LogP contribution is -2.10. The smallest absolute Gasteiger partial charge is 0.180 e. The summed E-state index contributed by atoms with van der Waals surface area (Å²) in [6, 6.07) is 26.4. The summed E-state index contributed by atoms with van der Waals surface area (Å²) in [6.45, 7) is 0. The van der Waals surface area contributed by atoms with Crippen LogP contribution in [0.3, 0.4) is 0 Å². The summed E-state index contributed by atoms with van der Waals surface area (Å²) in [6.07, 6.45) is 0. The molecular formula is C19H16NS2+. The molecule has 1 heterocycles. The van der Waals surface area contributed by atoms with E-state index in [0.29, 0.717) is 0 Å². The van der Waals surface area contributed by atoms with Gasteiger partial charge in [0.05, 0.1) is 9.79 Å². The second kappa shape index (κ2) is 5.75. The van der Waals surface area contributed by atoms with E-state index < -0.39 is 0 Å². The Morgan fingerprint density at radius 3 is 1.82 bits per heavy atom. The first-order chi connectivity index (χ1) is 10.9. The van der Waals surface area contributed by atoms with Gasteiger partial charge >= 0.3 is 0 Å². The molecule has 3 aromatic carbocycles. The van der Waals surface area contributed by atoms with Crippen LogP contribution in [0.5, 0.6) is 0 Å². The summed E-state index contributed by atoms with van der Waals surface area (Å²) in [5, 5.41) is 3.19. The summed E-state index contributed by atoms with van der Waals surface area (Å²) in [5.74, 6) is 0. The van der Waals surface area contributed by atoms with E-state index in [-0.39, 0.29) is 10.9 Å². The van der Waals surface area contributed by atoms with Gasteiger partial charge in [0.25, 0.3) is 0 Å². The first-order valence-corrected chi connectivity index (χ1v) is 9.29. The molecular weight excluding hydrogens is 306 g/mol. The molecule has 0 saturated heterocycles. The third kappa shape index (κ3) is 2.31. The maximum absolute atomic E-state index is 3.19. The van der Waals surface area contributed by atoms with Crippen LogP contribution in [0, 0.1) is 0 Å². The minimum atomic E-state index is -0.0168. The molecule has 22 heavy (non-hydrogen) atoms. The molecule has 1 nitrogen and oxygen atoms in total. The van der Waals surface area contributed by atoms with Crippen molar-refractivity contribution in [2.45, 2.75) is 24.5 Å². The van der Waals surface area contributed by atoms with E-state index in [1.807, 2.05) is 18.8 Å². The summed E-state index contributed by atoms with van der Waals surface area (Å²) >= 11 is 1.88. The van der Waals surface area contributed by atoms with Crippen LogP contribution < -0.4 is 5.32 Å². The topological polar surface area (TPSA) is 12.0 Å². The SMILES string of the molecule is CNc1ccc([S+]2c3ccccc3Sc3ccccc32)cc1. The average molecular weight is 322 g/mol. The molecule has 3 aromatic rings. The highest BCUT2D eigenvalue weighted by Gasteiger charge is 2.37. The van der Waals surface area contributed by atoms with Gasteiger partial charge in [-0.05, 0) is 48.5 Å². The molecule has 1 aliphatic rings. The third-order valence-corrected chi connectivity index (χ3v) is 7.48. The molecule has 0 fully saturated rings. The van der Waals surface area contributed by atoms with Crippen LogP contribution in [0.25, 0.3) is 0 Å². The van der Waals surface area contributed by atoms with Crippen molar-refractivity contribution in [3.8, 4) is 0 Å². The number of anilines is 1. The Labute approximate surface area is 138 Å². The Hall–Kier alpha value is -1.84. The van der Waals surface area contributed by atoms with E-state index in [1.165, 1.54) is 24.5 Å². The van der Waals surface area contributed by atoms with Crippen LogP contribution in [0.2, 0.25) is 0 Å². The highest BCUT2D eigenvalue weighted by atomic mass is 32.2. The fourth-order valence-electron chi connectivity index (χ4n) is 2.65. The zero-order chi connectivity index (χ0) is 14.9. The van der Waals surface area contributed by atoms with Crippen LogP contribution in [-0.2, 0) is 10.9 Å². The first-order valence-electron chi connectivity index (χ1n) is 7.25. The molecule has 0 amide bonds. The number of hydrogen-bond donors (Lipinski definition) is 1. The van der Waals surface area contributed by atoms with Gasteiger partial charge in [0, 0.05) is 12.7 Å². The van der Waals surface area contributed by atoms with Crippen molar-refractivity contribution in [1.82, 2.24) is 0 Å². The number of fused-ring (bicyclic) bond motifs is 2. The predicted molar refractivity (Wildman–Crippen MR) is 95.2 cm³/mol. The van der Waals surface area contributed by atoms with E-state index in [4.69, 9.17) is 0 Å². The highest BCUT2D eigenvalue weighted by molar-refractivity contribution is 8.04. The zero-order valence-electron chi connectivity index (χ0n) is 12.2. The lowest BCUT2D eigenvalue weighted by atomic mass is 10.3. The summed E-state index contributed by atoms with van der Waals surface area (Å²) in [4.78, 5) is 7.00. The lowest BCUT2D eigenvalue weighted by molar-refractivity contribution is 1.12. The molecule has 108 valence electrons. The average Bonchev–Trinajstić information content (AvgIpc) is 2.60. The molecule has 0 saturated carbocycles. The molecule has 0 aliphatic carbocycles. The molecule has 4 rings (SSSR count). The van der Waals surface area contributed by atoms with E-state index in [2.05, 4.69) is 78.1 Å². The van der Waals surface area contributed by atoms with E-state index in [9.17, 15) is 0 Å². The molecule has 0 radical (unpaired) electrons. The highest BCUT2D eigenvalue weighted by Crippen LogP contribution is 2.47. The van der Waals surface area contributed by atoms with E-state index in [1.54, 1.807) is 0 Å². The van der Waals surface area contributed by atoms with Gasteiger partial charge in [0.2, 0.25) is 0 Å². The van der Waals surface area contributed by atoms with Gasteiger partial charge in [-0.15, -0.1) is 0 Å². The van der Waals surface area contributed by atoms with Crippen LogP contribution in [0.1, 0.15) is 0 Å². The maximum atomic E-state index is 3.19. The number of rotatable bonds is 2. The normalized spacial score (nSPS) is 13.3. The van der Waals surface area contributed by atoms with Crippen molar-refractivity contribution >= 4 is 28.3 Å². The Balaban J connectivity index is 1.90. The van der Waals surface area contributed by atoms with Crippen molar-refractivity contribution in [3.63, 3.8) is 0 Å². The van der Waals surface area contributed by atoms with Gasteiger partial charge in [-0.1, -0.05) is 36.0 Å². The van der Waals surface area contributed by atoms with Crippen molar-refractivity contribution < 1.29 is 0 Å². The molecule has 0 spiro atoms. The molecule has 0 atom stereocenters. The van der Waals surface area contributed by atoms with Gasteiger partial charge in [-0.2, -0.15) is 0 Å². The van der Waals surface area contributed by atoms with Gasteiger partial charge in [-0.3, -0.25) is 0 Å². The van der Waals surface area contributed by atoms with Crippen LogP contribution >= 0.6 is 11.8 Å². The Morgan fingerprint density at radius 1 is 0.727 bits per heavy atom. The molecule has 0 bridgehead atoms. The summed E-state index contributed by atoms with van der Waals surface area (Å²) < 4.78 is 0. The molecule has 0 aromatic heterocycles. The second-order valence-electron chi connectivity index (χ2n) is 5.08. The predicted octanol–water partition coefficient (Wildman–Crippen LogP) is 5.29. The Morgan fingerprint density at radius 2 is 1.27 bits per heavy atom. The molecule has 1 aliphatic heterocycles. The summed E-state index contributed by atoms with van der Waals surface area (Å²) in [5.41, 5.74) is 1.15. The van der Waals surface area contributed by atoms with Crippen molar-refractivity contribution in [2.24, 2.45) is 0 Å². The number of benzene rings is 3. The van der Waals surface area contributed by atoms with Crippen molar-refractivity contribution in [3.05, 3.63) is 72.8 Å². The fraction of sp³-hybridized carbons (Fsp3) is 0.0526. The second-order valence-corrected chi connectivity index (χ2v) is 8.12. The van der Waals surface area contributed by atoms with Crippen molar-refractivity contribution in [2.75, 3.05) is 12.4 Å². The van der Waals surface area contributed by atoms with Gasteiger partial charge < -0.3 is 5.32 Å². The lowest BCUT2D eigenvalue weighted by Gasteiger charge is -2.18. The third-order valence-electron chi connectivity index (χ3n) is 3.74. The standard InChI is InChI=1S/C19H16NS2/c1-20-14-10-12-15(13-11-14)22-18-8-4-2-6-16(18)21-17-7-3-5-9-19(17)22/h2-13,20H,1H3/q+1. The largest absolute Gasteiger partial charge is 0.388 e. The zero-order valence-corrected chi connectivity index (χ0v) is 13.9. The van der Waals surface area contributed by atoms with Crippen LogP contribution in [0.15, 0.2) is 97.3 Å². The van der Waals surface area contributed by atoms with Crippen molar-refractivity contribution in [1.29, 1.82) is 0 Å². The fourth-order valence-corrected chi connectivity index (χ4v) is 6.39. The van der Waals surface area contributed by atoms with Crippen LogP contribution in [0.4, 0.5) is 5.69 Å².